The molecule has 0 aliphatic rings. The number of carboxylic acids is 2. The van der Waals surface area contributed by atoms with Crippen LogP contribution in [0, 0.1) is 5.92 Å². The fraction of sp³-hybridized carbons (Fsp3) is 0.636. The highest BCUT2D eigenvalue weighted by Gasteiger charge is 2.12. The number of benzene rings is 1. The van der Waals surface area contributed by atoms with Crippen LogP contribution in [-0.2, 0) is 16.0 Å². The molecule has 0 saturated carbocycles. The molecule has 27 heavy (non-hydrogen) atoms. The smallest absolute Gasteiger partial charge is 0.303 e. The highest BCUT2D eigenvalue weighted by atomic mass is 16.5. The van der Waals surface area contributed by atoms with Crippen LogP contribution in [0.25, 0.3) is 0 Å². The van der Waals surface area contributed by atoms with Crippen molar-refractivity contribution in [2.24, 2.45) is 5.92 Å². The summed E-state index contributed by atoms with van der Waals surface area (Å²) in [6.45, 7) is 2.87. The Kier molecular flexibility index (Phi) is 12.0. The number of carboxylic acid groups (broad SMARTS) is 2. The van der Waals surface area contributed by atoms with E-state index in [4.69, 9.17) is 14.9 Å². The Labute approximate surface area is 162 Å². The first-order valence-electron chi connectivity index (χ1n) is 10.2. The van der Waals surface area contributed by atoms with E-state index in [-0.39, 0.29) is 12.8 Å². The van der Waals surface area contributed by atoms with Gasteiger partial charge < -0.3 is 14.9 Å². The van der Waals surface area contributed by atoms with Gasteiger partial charge in [-0.25, -0.2) is 0 Å². The van der Waals surface area contributed by atoms with Crippen LogP contribution in [-0.4, -0.2) is 28.8 Å². The maximum Gasteiger partial charge on any atom is 0.303 e. The minimum absolute atomic E-state index is 0.196. The molecule has 0 saturated heterocycles. The van der Waals surface area contributed by atoms with E-state index in [0.717, 1.165) is 57.3 Å². The quantitative estimate of drug-likeness (QED) is 0.381. The molecule has 0 spiro atoms. The summed E-state index contributed by atoms with van der Waals surface area (Å²) in [5, 5.41) is 17.6. The van der Waals surface area contributed by atoms with Crippen molar-refractivity contribution >= 4 is 11.9 Å². The van der Waals surface area contributed by atoms with Crippen LogP contribution in [0.3, 0.4) is 0 Å². The minimum Gasteiger partial charge on any atom is -0.494 e. The van der Waals surface area contributed by atoms with Gasteiger partial charge in [0.1, 0.15) is 5.75 Å². The normalized spacial score (nSPS) is 11.9. The molecule has 152 valence electrons. The Morgan fingerprint density at radius 2 is 1.56 bits per heavy atom. The summed E-state index contributed by atoms with van der Waals surface area (Å²) < 4.78 is 5.69. The summed E-state index contributed by atoms with van der Waals surface area (Å²) in [4.78, 5) is 21.5. The van der Waals surface area contributed by atoms with Gasteiger partial charge in [0.25, 0.3) is 0 Å². The van der Waals surface area contributed by atoms with Crippen molar-refractivity contribution in [2.75, 3.05) is 6.61 Å². The van der Waals surface area contributed by atoms with Gasteiger partial charge in [0.2, 0.25) is 0 Å². The third kappa shape index (κ3) is 12.1. The Bertz CT molecular complexity index is 538. The molecule has 0 aromatic heterocycles. The molecule has 1 aromatic carbocycles. The van der Waals surface area contributed by atoms with E-state index < -0.39 is 11.9 Å². The molecule has 0 bridgehead atoms. The van der Waals surface area contributed by atoms with Crippen molar-refractivity contribution in [1.29, 1.82) is 0 Å². The zero-order chi connectivity index (χ0) is 19.9. The van der Waals surface area contributed by atoms with Gasteiger partial charge in [-0.15, -0.1) is 0 Å². The van der Waals surface area contributed by atoms with Gasteiger partial charge in [-0.2, -0.15) is 0 Å². The zero-order valence-electron chi connectivity index (χ0n) is 16.5. The summed E-state index contributed by atoms with van der Waals surface area (Å²) in [7, 11) is 0. The molecular weight excluding hydrogens is 344 g/mol. The van der Waals surface area contributed by atoms with Gasteiger partial charge in [-0.05, 0) is 49.3 Å². The van der Waals surface area contributed by atoms with Gasteiger partial charge in [-0.3, -0.25) is 9.59 Å². The van der Waals surface area contributed by atoms with Crippen molar-refractivity contribution in [3.63, 3.8) is 0 Å². The van der Waals surface area contributed by atoms with Crippen molar-refractivity contribution in [3.8, 4) is 5.75 Å². The number of unbranched alkanes of at least 4 members (excludes halogenated alkanes) is 4. The minimum atomic E-state index is -0.749. The van der Waals surface area contributed by atoms with Crippen molar-refractivity contribution in [2.45, 2.75) is 77.6 Å². The molecule has 1 rings (SSSR count). The largest absolute Gasteiger partial charge is 0.494 e. The Hall–Kier alpha value is -2.04. The van der Waals surface area contributed by atoms with Crippen molar-refractivity contribution < 1.29 is 24.5 Å². The Morgan fingerprint density at radius 1 is 0.889 bits per heavy atom. The van der Waals surface area contributed by atoms with Gasteiger partial charge in [-0.1, -0.05) is 51.2 Å². The van der Waals surface area contributed by atoms with E-state index in [9.17, 15) is 9.59 Å². The lowest BCUT2D eigenvalue weighted by molar-refractivity contribution is -0.138. The van der Waals surface area contributed by atoms with E-state index >= 15 is 0 Å². The van der Waals surface area contributed by atoms with Crippen molar-refractivity contribution in [1.82, 2.24) is 0 Å². The third-order valence-electron chi connectivity index (χ3n) is 4.73. The molecule has 0 aliphatic heterocycles. The molecule has 0 heterocycles. The molecule has 2 N–H and O–H groups in total. The van der Waals surface area contributed by atoms with Gasteiger partial charge in [0, 0.05) is 12.8 Å². The molecular formula is C22H34O5. The monoisotopic (exact) mass is 378 g/mol. The number of hydrogen-bond donors (Lipinski definition) is 2. The number of hydrogen-bond acceptors (Lipinski definition) is 3. The molecule has 0 radical (unpaired) electrons. The van der Waals surface area contributed by atoms with Crippen LogP contribution < -0.4 is 4.74 Å². The zero-order valence-corrected chi connectivity index (χ0v) is 16.5. The molecule has 5 heteroatoms. The second-order valence-corrected chi connectivity index (χ2v) is 7.20. The summed E-state index contributed by atoms with van der Waals surface area (Å²) in [5.74, 6) is -0.266. The average molecular weight is 379 g/mol. The standard InChI is InChI=1S/C22H34O5/c1-2-3-16-27-20-13-10-19(11-14-20)17-18(12-15-22(25)26)8-6-4-5-7-9-21(23)24/h10-11,13-14,18H,2-9,12,15-17H2,1H3,(H,23,24)(H,25,26). The highest BCUT2D eigenvalue weighted by molar-refractivity contribution is 5.66. The summed E-state index contributed by atoms with van der Waals surface area (Å²) in [6.07, 6.45) is 8.77. The Balaban J connectivity index is 2.43. The first-order chi connectivity index (χ1) is 13.0. The van der Waals surface area contributed by atoms with E-state index in [1.807, 2.05) is 12.1 Å². The van der Waals surface area contributed by atoms with Crippen LogP contribution in [0.15, 0.2) is 24.3 Å². The molecule has 0 fully saturated rings. The van der Waals surface area contributed by atoms with Gasteiger partial charge in [0.15, 0.2) is 0 Å². The summed E-state index contributed by atoms with van der Waals surface area (Å²) >= 11 is 0. The van der Waals surface area contributed by atoms with Crippen LogP contribution in [0.1, 0.15) is 76.7 Å². The van der Waals surface area contributed by atoms with E-state index in [0.29, 0.717) is 18.8 Å². The average Bonchev–Trinajstić information content (AvgIpc) is 2.63. The van der Waals surface area contributed by atoms with Crippen LogP contribution in [0.4, 0.5) is 0 Å². The maximum atomic E-state index is 10.9. The third-order valence-corrected chi connectivity index (χ3v) is 4.73. The van der Waals surface area contributed by atoms with Crippen LogP contribution in [0.2, 0.25) is 0 Å². The van der Waals surface area contributed by atoms with E-state index in [2.05, 4.69) is 19.1 Å². The lowest BCUT2D eigenvalue weighted by atomic mass is 9.89. The lowest BCUT2D eigenvalue weighted by Gasteiger charge is -2.16. The molecule has 1 aromatic rings. The van der Waals surface area contributed by atoms with Crippen LogP contribution in [0.5, 0.6) is 5.75 Å². The number of rotatable bonds is 16. The lowest BCUT2D eigenvalue weighted by Crippen LogP contribution is -2.08. The SMILES string of the molecule is CCCCOc1ccc(CC(CCCCCCC(=O)O)CCC(=O)O)cc1. The Morgan fingerprint density at radius 3 is 2.19 bits per heavy atom. The number of carbonyl (C=O) groups is 2. The number of ether oxygens (including phenoxy) is 1. The van der Waals surface area contributed by atoms with E-state index in [1.54, 1.807) is 0 Å². The first kappa shape index (κ1) is 23.0. The second kappa shape index (κ2) is 14.1. The first-order valence-corrected chi connectivity index (χ1v) is 10.2. The molecule has 1 unspecified atom stereocenters. The van der Waals surface area contributed by atoms with Crippen molar-refractivity contribution in [3.05, 3.63) is 29.8 Å². The van der Waals surface area contributed by atoms with Gasteiger partial charge in [0.05, 0.1) is 6.61 Å². The molecule has 1 atom stereocenters. The second-order valence-electron chi connectivity index (χ2n) is 7.20. The van der Waals surface area contributed by atoms with Crippen LogP contribution >= 0.6 is 0 Å². The topological polar surface area (TPSA) is 83.8 Å². The maximum absolute atomic E-state index is 10.9. The predicted molar refractivity (Wildman–Crippen MR) is 106 cm³/mol. The fourth-order valence-electron chi connectivity index (χ4n) is 3.13. The summed E-state index contributed by atoms with van der Waals surface area (Å²) in [5.41, 5.74) is 1.21. The summed E-state index contributed by atoms with van der Waals surface area (Å²) in [6, 6.07) is 8.13. The fourth-order valence-corrected chi connectivity index (χ4v) is 3.13. The number of aliphatic carboxylic acids is 2. The van der Waals surface area contributed by atoms with E-state index in [1.165, 1.54) is 5.56 Å². The molecule has 0 amide bonds. The highest BCUT2D eigenvalue weighted by Crippen LogP contribution is 2.23. The molecule has 5 nitrogen and oxygen atoms in total. The predicted octanol–water partition coefficient (Wildman–Crippen LogP) is 5.31. The van der Waals surface area contributed by atoms with Gasteiger partial charge >= 0.3 is 11.9 Å². The molecule has 0 aliphatic carbocycles.